The number of nitrogen functional groups attached to an aromatic ring is 2. The molecule has 1 fully saturated rings. The van der Waals surface area contributed by atoms with E-state index in [9.17, 15) is 0 Å². The van der Waals surface area contributed by atoms with Crippen molar-refractivity contribution in [3.8, 4) is 5.75 Å². The van der Waals surface area contributed by atoms with E-state index in [0.29, 0.717) is 23.7 Å². The summed E-state index contributed by atoms with van der Waals surface area (Å²) in [7, 11) is 0. The van der Waals surface area contributed by atoms with E-state index in [0.717, 1.165) is 25.6 Å². The summed E-state index contributed by atoms with van der Waals surface area (Å²) in [4.78, 5) is 2.48. The molecule has 0 aliphatic carbocycles. The minimum Gasteiger partial charge on any atom is -0.490 e. The van der Waals surface area contributed by atoms with Gasteiger partial charge < -0.3 is 16.2 Å². The molecule has 1 aliphatic rings. The summed E-state index contributed by atoms with van der Waals surface area (Å²) in [6.07, 6.45) is 3.72. The summed E-state index contributed by atoms with van der Waals surface area (Å²) in [5, 5.41) is 0. The lowest BCUT2D eigenvalue weighted by Gasteiger charge is -2.32. The monoisotopic (exact) mass is 325 g/mol. The van der Waals surface area contributed by atoms with Gasteiger partial charge in [0.1, 0.15) is 12.4 Å². The third-order valence-electron chi connectivity index (χ3n) is 4.84. The number of hydrogen-bond acceptors (Lipinski definition) is 4. The number of hydrogen-bond donors (Lipinski definition) is 2. The van der Waals surface area contributed by atoms with Gasteiger partial charge in [0.2, 0.25) is 0 Å². The normalized spacial score (nSPS) is 16.2. The number of nitrogens with zero attached hydrogens (tertiary/aromatic N) is 1. The summed E-state index contributed by atoms with van der Waals surface area (Å²) in [5.74, 6) is 1.49. The summed E-state index contributed by atoms with van der Waals surface area (Å²) in [6, 6.07) is 16.3. The molecule has 2 aromatic carbocycles. The van der Waals surface area contributed by atoms with Gasteiger partial charge in [0.15, 0.2) is 0 Å². The van der Waals surface area contributed by atoms with Crippen molar-refractivity contribution in [2.75, 3.05) is 37.7 Å². The lowest BCUT2D eigenvalue weighted by molar-refractivity contribution is 0.155. The molecule has 0 aromatic heterocycles. The first-order valence-corrected chi connectivity index (χ1v) is 8.75. The molecule has 0 atom stereocenters. The van der Waals surface area contributed by atoms with Crippen molar-refractivity contribution >= 4 is 11.4 Å². The number of para-hydroxylation sites is 1. The summed E-state index contributed by atoms with van der Waals surface area (Å²) in [5.41, 5.74) is 14.3. The van der Waals surface area contributed by atoms with Crippen LogP contribution in [-0.2, 0) is 6.42 Å². The van der Waals surface area contributed by atoms with Crippen LogP contribution in [-0.4, -0.2) is 31.1 Å². The maximum absolute atomic E-state index is 5.93. The van der Waals surface area contributed by atoms with Crippen LogP contribution in [0.15, 0.2) is 48.5 Å². The van der Waals surface area contributed by atoms with Crippen LogP contribution < -0.4 is 16.2 Å². The molecule has 0 amide bonds. The smallest absolute Gasteiger partial charge is 0.144 e. The van der Waals surface area contributed by atoms with Gasteiger partial charge in [-0.25, -0.2) is 0 Å². The molecule has 0 saturated carbocycles. The number of piperidine rings is 1. The van der Waals surface area contributed by atoms with Crippen molar-refractivity contribution < 1.29 is 4.74 Å². The molecular weight excluding hydrogens is 298 g/mol. The molecule has 0 radical (unpaired) electrons. The molecule has 0 spiro atoms. The van der Waals surface area contributed by atoms with Gasteiger partial charge in [-0.05, 0) is 56.0 Å². The van der Waals surface area contributed by atoms with Gasteiger partial charge in [0.25, 0.3) is 0 Å². The first-order chi connectivity index (χ1) is 11.7. The quantitative estimate of drug-likeness (QED) is 0.801. The highest BCUT2D eigenvalue weighted by molar-refractivity contribution is 5.70. The van der Waals surface area contributed by atoms with Crippen LogP contribution in [0.1, 0.15) is 18.4 Å². The summed E-state index contributed by atoms with van der Waals surface area (Å²) < 4.78 is 5.80. The molecule has 1 heterocycles. The molecule has 4 nitrogen and oxygen atoms in total. The Bertz CT molecular complexity index is 637. The minimum atomic E-state index is 0.541. The maximum Gasteiger partial charge on any atom is 0.144 e. The Morgan fingerprint density at radius 2 is 1.71 bits per heavy atom. The Kier molecular flexibility index (Phi) is 5.59. The average Bonchev–Trinajstić information content (AvgIpc) is 2.61. The SMILES string of the molecule is Nc1cccc(OCCN2CCC(Cc3ccccc3)CC2)c1N. The van der Waals surface area contributed by atoms with Crippen LogP contribution in [0.2, 0.25) is 0 Å². The van der Waals surface area contributed by atoms with Gasteiger partial charge in [-0.1, -0.05) is 36.4 Å². The van der Waals surface area contributed by atoms with E-state index in [1.807, 2.05) is 12.1 Å². The number of benzene rings is 2. The van der Waals surface area contributed by atoms with E-state index in [-0.39, 0.29) is 0 Å². The zero-order valence-corrected chi connectivity index (χ0v) is 14.2. The first kappa shape index (κ1) is 16.7. The molecule has 4 N–H and O–H groups in total. The van der Waals surface area contributed by atoms with Crippen molar-refractivity contribution in [2.45, 2.75) is 19.3 Å². The molecule has 3 rings (SSSR count). The summed E-state index contributed by atoms with van der Waals surface area (Å²) in [6.45, 7) is 3.88. The molecular formula is C20H27N3O. The fraction of sp³-hybridized carbons (Fsp3) is 0.400. The largest absolute Gasteiger partial charge is 0.490 e. The number of ether oxygens (including phenoxy) is 1. The van der Waals surface area contributed by atoms with Gasteiger partial charge in [-0.15, -0.1) is 0 Å². The molecule has 0 bridgehead atoms. The average molecular weight is 325 g/mol. The van der Waals surface area contributed by atoms with E-state index in [1.54, 1.807) is 6.07 Å². The first-order valence-electron chi connectivity index (χ1n) is 8.75. The number of rotatable bonds is 6. The lowest BCUT2D eigenvalue weighted by Crippen LogP contribution is -2.37. The van der Waals surface area contributed by atoms with Crippen molar-refractivity contribution in [3.63, 3.8) is 0 Å². The van der Waals surface area contributed by atoms with Gasteiger partial charge >= 0.3 is 0 Å². The van der Waals surface area contributed by atoms with Crippen LogP contribution >= 0.6 is 0 Å². The molecule has 2 aromatic rings. The van der Waals surface area contributed by atoms with E-state index >= 15 is 0 Å². The van der Waals surface area contributed by atoms with Crippen LogP contribution in [0.4, 0.5) is 11.4 Å². The third-order valence-corrected chi connectivity index (χ3v) is 4.84. The lowest BCUT2D eigenvalue weighted by atomic mass is 9.90. The zero-order valence-electron chi connectivity index (χ0n) is 14.2. The molecule has 4 heteroatoms. The number of nitrogens with two attached hydrogens (primary N) is 2. The minimum absolute atomic E-state index is 0.541. The predicted molar refractivity (Wildman–Crippen MR) is 100 cm³/mol. The van der Waals surface area contributed by atoms with Gasteiger partial charge in [0, 0.05) is 6.54 Å². The van der Waals surface area contributed by atoms with Gasteiger partial charge in [-0.2, -0.15) is 0 Å². The van der Waals surface area contributed by atoms with Crippen molar-refractivity contribution in [1.29, 1.82) is 0 Å². The van der Waals surface area contributed by atoms with E-state index < -0.39 is 0 Å². The molecule has 1 aliphatic heterocycles. The second kappa shape index (κ2) is 8.06. The van der Waals surface area contributed by atoms with E-state index in [4.69, 9.17) is 16.2 Å². The fourth-order valence-corrected chi connectivity index (χ4v) is 3.33. The predicted octanol–water partition coefficient (Wildman–Crippen LogP) is 3.18. The maximum atomic E-state index is 5.93. The molecule has 0 unspecified atom stereocenters. The molecule has 128 valence electrons. The second-order valence-corrected chi connectivity index (χ2v) is 6.58. The molecule has 24 heavy (non-hydrogen) atoms. The van der Waals surface area contributed by atoms with Crippen LogP contribution in [0.5, 0.6) is 5.75 Å². The van der Waals surface area contributed by atoms with Crippen LogP contribution in [0.25, 0.3) is 0 Å². The Morgan fingerprint density at radius 1 is 0.958 bits per heavy atom. The van der Waals surface area contributed by atoms with Gasteiger partial charge in [-0.3, -0.25) is 4.90 Å². The van der Waals surface area contributed by atoms with Crippen molar-refractivity contribution in [2.24, 2.45) is 5.92 Å². The Morgan fingerprint density at radius 3 is 2.46 bits per heavy atom. The highest BCUT2D eigenvalue weighted by Gasteiger charge is 2.19. The van der Waals surface area contributed by atoms with E-state index in [2.05, 4.69) is 35.2 Å². The second-order valence-electron chi connectivity index (χ2n) is 6.58. The number of likely N-dealkylation sites (tertiary alicyclic amines) is 1. The van der Waals surface area contributed by atoms with Crippen molar-refractivity contribution in [3.05, 3.63) is 54.1 Å². The van der Waals surface area contributed by atoms with Crippen molar-refractivity contribution in [1.82, 2.24) is 4.90 Å². The topological polar surface area (TPSA) is 64.5 Å². The van der Waals surface area contributed by atoms with Gasteiger partial charge in [0.05, 0.1) is 11.4 Å². The highest BCUT2D eigenvalue weighted by atomic mass is 16.5. The van der Waals surface area contributed by atoms with Crippen LogP contribution in [0, 0.1) is 5.92 Å². The number of anilines is 2. The third kappa shape index (κ3) is 4.42. The Labute approximate surface area is 144 Å². The highest BCUT2D eigenvalue weighted by Crippen LogP contribution is 2.27. The molecule has 1 saturated heterocycles. The summed E-state index contributed by atoms with van der Waals surface area (Å²) >= 11 is 0. The zero-order chi connectivity index (χ0) is 16.8. The van der Waals surface area contributed by atoms with Crippen LogP contribution in [0.3, 0.4) is 0 Å². The fourth-order valence-electron chi connectivity index (χ4n) is 3.33. The van der Waals surface area contributed by atoms with E-state index in [1.165, 1.54) is 24.8 Å². The standard InChI is InChI=1S/C20H27N3O/c21-18-7-4-8-19(20(18)22)24-14-13-23-11-9-17(10-12-23)15-16-5-2-1-3-6-16/h1-8,17H,9-15,21-22H2. The Hall–Kier alpha value is -2.20. The Balaban J connectivity index is 1.39.